The zero-order valence-electron chi connectivity index (χ0n) is 9.17. The van der Waals surface area contributed by atoms with Gasteiger partial charge < -0.3 is 10.2 Å². The highest BCUT2D eigenvalue weighted by molar-refractivity contribution is 7.90. The summed E-state index contributed by atoms with van der Waals surface area (Å²) in [7, 11) is -2.69. The first kappa shape index (κ1) is 13.9. The van der Waals surface area contributed by atoms with Crippen LogP contribution < -0.4 is 9.44 Å². The van der Waals surface area contributed by atoms with Crippen LogP contribution in [0, 0.1) is 0 Å². The molecule has 9 heteroatoms. The normalized spacial score (nSPS) is 10.9. The van der Waals surface area contributed by atoms with Gasteiger partial charge in [-0.2, -0.15) is 8.42 Å². The second-order valence-electron chi connectivity index (χ2n) is 3.22. The lowest BCUT2D eigenvalue weighted by molar-refractivity contribution is 0.0696. The minimum absolute atomic E-state index is 0.151. The number of hydrogen-bond acceptors (Lipinski definition) is 4. The van der Waals surface area contributed by atoms with Crippen LogP contribution in [0.4, 0.5) is 5.69 Å². The summed E-state index contributed by atoms with van der Waals surface area (Å²) in [6.07, 6.45) is 0. The number of carboxylic acid groups (broad SMARTS) is 2. The van der Waals surface area contributed by atoms with Gasteiger partial charge in [-0.15, -0.1) is 0 Å². The van der Waals surface area contributed by atoms with E-state index in [0.29, 0.717) is 0 Å². The van der Waals surface area contributed by atoms with Crippen molar-refractivity contribution in [3.05, 3.63) is 29.3 Å². The Morgan fingerprint density at radius 1 is 1.06 bits per heavy atom. The Morgan fingerprint density at radius 2 is 1.50 bits per heavy atom. The number of carbonyl (C=O) groups is 2. The fourth-order valence-electron chi connectivity index (χ4n) is 1.14. The van der Waals surface area contributed by atoms with E-state index in [1.54, 1.807) is 0 Å². The summed E-state index contributed by atoms with van der Waals surface area (Å²) < 4.78 is 26.4. The molecule has 8 nitrogen and oxygen atoms in total. The van der Waals surface area contributed by atoms with Crippen molar-refractivity contribution >= 4 is 27.8 Å². The van der Waals surface area contributed by atoms with Gasteiger partial charge in [0.25, 0.3) is 10.2 Å². The first-order chi connectivity index (χ1) is 8.25. The predicted octanol–water partition coefficient (Wildman–Crippen LogP) is -0.0409. The molecule has 0 unspecified atom stereocenters. The standard InChI is InChI=1S/C9H10N2O6S/c1-10-18(16,17)11-7-3-5(8(12)13)2-6(4-7)9(14)15/h2-4,10-11H,1H3,(H,12,13)(H,14,15). The summed E-state index contributed by atoms with van der Waals surface area (Å²) in [5.74, 6) is -2.72. The SMILES string of the molecule is CNS(=O)(=O)Nc1cc(C(=O)O)cc(C(=O)O)c1. The number of benzene rings is 1. The third-order valence-electron chi connectivity index (χ3n) is 1.95. The summed E-state index contributed by atoms with van der Waals surface area (Å²) in [4.78, 5) is 21.6. The minimum atomic E-state index is -3.84. The highest BCUT2D eigenvalue weighted by Crippen LogP contribution is 2.16. The van der Waals surface area contributed by atoms with Crippen molar-refractivity contribution in [3.8, 4) is 0 Å². The smallest absolute Gasteiger partial charge is 0.335 e. The molecule has 0 radical (unpaired) electrons. The van der Waals surface area contributed by atoms with Crippen LogP contribution in [0.1, 0.15) is 20.7 Å². The molecule has 18 heavy (non-hydrogen) atoms. The second kappa shape index (κ2) is 5.02. The van der Waals surface area contributed by atoms with E-state index in [2.05, 4.69) is 0 Å². The Balaban J connectivity index is 3.28. The van der Waals surface area contributed by atoms with Crippen LogP contribution in [0.25, 0.3) is 0 Å². The van der Waals surface area contributed by atoms with Crippen molar-refractivity contribution in [2.45, 2.75) is 0 Å². The Kier molecular flexibility index (Phi) is 3.89. The number of carboxylic acids is 2. The Morgan fingerprint density at radius 3 is 1.83 bits per heavy atom. The van der Waals surface area contributed by atoms with Gasteiger partial charge in [-0.3, -0.25) is 4.72 Å². The van der Waals surface area contributed by atoms with E-state index >= 15 is 0 Å². The van der Waals surface area contributed by atoms with Crippen LogP contribution in [0.15, 0.2) is 18.2 Å². The molecular weight excluding hydrogens is 264 g/mol. The molecule has 0 heterocycles. The van der Waals surface area contributed by atoms with E-state index in [0.717, 1.165) is 25.2 Å². The molecule has 1 aromatic rings. The van der Waals surface area contributed by atoms with Crippen molar-refractivity contribution in [1.82, 2.24) is 4.72 Å². The molecule has 0 aliphatic heterocycles. The van der Waals surface area contributed by atoms with E-state index in [-0.39, 0.29) is 16.8 Å². The van der Waals surface area contributed by atoms with Crippen molar-refractivity contribution < 1.29 is 28.2 Å². The fraction of sp³-hybridized carbons (Fsp3) is 0.111. The van der Waals surface area contributed by atoms with Crippen molar-refractivity contribution in [1.29, 1.82) is 0 Å². The first-order valence-electron chi connectivity index (χ1n) is 4.58. The number of nitrogens with one attached hydrogen (secondary N) is 2. The number of hydrogen-bond donors (Lipinski definition) is 4. The molecule has 98 valence electrons. The molecule has 0 saturated carbocycles. The monoisotopic (exact) mass is 274 g/mol. The molecule has 0 atom stereocenters. The van der Waals surface area contributed by atoms with E-state index in [1.807, 2.05) is 9.44 Å². The third-order valence-corrected chi connectivity index (χ3v) is 2.99. The predicted molar refractivity (Wildman–Crippen MR) is 62.0 cm³/mol. The Labute approximate surface area is 102 Å². The average Bonchev–Trinajstić information content (AvgIpc) is 2.27. The van der Waals surface area contributed by atoms with Crippen LogP contribution in [-0.2, 0) is 10.2 Å². The lowest BCUT2D eigenvalue weighted by Gasteiger charge is -2.08. The van der Waals surface area contributed by atoms with Crippen molar-refractivity contribution in [2.24, 2.45) is 0 Å². The average molecular weight is 274 g/mol. The van der Waals surface area contributed by atoms with Crippen LogP contribution in [-0.4, -0.2) is 37.6 Å². The van der Waals surface area contributed by atoms with Crippen LogP contribution in [0.3, 0.4) is 0 Å². The first-order valence-corrected chi connectivity index (χ1v) is 6.06. The maximum absolute atomic E-state index is 11.2. The zero-order chi connectivity index (χ0) is 13.9. The fourth-order valence-corrected chi connectivity index (χ4v) is 1.67. The second-order valence-corrected chi connectivity index (χ2v) is 4.84. The molecule has 0 aliphatic carbocycles. The molecule has 1 rings (SSSR count). The summed E-state index contributed by atoms with van der Waals surface area (Å²) in [5.41, 5.74) is -0.811. The topological polar surface area (TPSA) is 133 Å². The lowest BCUT2D eigenvalue weighted by Crippen LogP contribution is -2.26. The summed E-state index contributed by atoms with van der Waals surface area (Å²) >= 11 is 0. The van der Waals surface area contributed by atoms with Crippen molar-refractivity contribution in [3.63, 3.8) is 0 Å². The molecular formula is C9H10N2O6S. The van der Waals surface area contributed by atoms with Gasteiger partial charge in [-0.05, 0) is 18.2 Å². The van der Waals surface area contributed by atoms with E-state index in [1.165, 1.54) is 0 Å². The Bertz CT molecular complexity index is 563. The number of aromatic carboxylic acids is 2. The maximum Gasteiger partial charge on any atom is 0.335 e. The van der Waals surface area contributed by atoms with Crippen LogP contribution in [0.2, 0.25) is 0 Å². The Hall–Kier alpha value is -2.13. The quantitative estimate of drug-likeness (QED) is 0.595. The molecule has 1 aromatic carbocycles. The van der Waals surface area contributed by atoms with Gasteiger partial charge in [0.05, 0.1) is 16.8 Å². The molecule has 4 N–H and O–H groups in total. The highest BCUT2D eigenvalue weighted by Gasteiger charge is 2.14. The van der Waals surface area contributed by atoms with Gasteiger partial charge >= 0.3 is 11.9 Å². The molecule has 0 saturated heterocycles. The van der Waals surface area contributed by atoms with E-state index < -0.39 is 22.1 Å². The molecule has 0 aromatic heterocycles. The van der Waals surface area contributed by atoms with Gasteiger partial charge in [-0.25, -0.2) is 14.3 Å². The highest BCUT2D eigenvalue weighted by atomic mass is 32.2. The molecule has 0 bridgehead atoms. The van der Waals surface area contributed by atoms with Crippen LogP contribution in [0.5, 0.6) is 0 Å². The molecule has 0 fully saturated rings. The molecule has 0 spiro atoms. The van der Waals surface area contributed by atoms with Gasteiger partial charge in [0, 0.05) is 7.05 Å². The third kappa shape index (κ3) is 3.43. The summed E-state index contributed by atoms with van der Waals surface area (Å²) in [5, 5.41) is 17.6. The van der Waals surface area contributed by atoms with E-state index in [4.69, 9.17) is 10.2 Å². The van der Waals surface area contributed by atoms with Gasteiger partial charge in [0.1, 0.15) is 0 Å². The molecule has 0 amide bonds. The molecule has 0 aliphatic rings. The van der Waals surface area contributed by atoms with Gasteiger partial charge in [0.15, 0.2) is 0 Å². The number of anilines is 1. The number of rotatable bonds is 5. The van der Waals surface area contributed by atoms with Crippen LogP contribution >= 0.6 is 0 Å². The summed E-state index contributed by atoms with van der Waals surface area (Å²) in [6.45, 7) is 0. The lowest BCUT2D eigenvalue weighted by atomic mass is 10.1. The van der Waals surface area contributed by atoms with E-state index in [9.17, 15) is 18.0 Å². The minimum Gasteiger partial charge on any atom is -0.478 e. The van der Waals surface area contributed by atoms with Crippen molar-refractivity contribution in [2.75, 3.05) is 11.8 Å². The van der Waals surface area contributed by atoms with Gasteiger partial charge in [-0.1, -0.05) is 0 Å². The summed E-state index contributed by atoms with van der Waals surface area (Å²) in [6, 6.07) is 2.97. The van der Waals surface area contributed by atoms with Gasteiger partial charge in [0.2, 0.25) is 0 Å². The maximum atomic E-state index is 11.2. The largest absolute Gasteiger partial charge is 0.478 e. The zero-order valence-corrected chi connectivity index (χ0v) is 9.98.